The number of halogens is 1. The summed E-state index contributed by atoms with van der Waals surface area (Å²) in [6.45, 7) is 4.09. The van der Waals surface area contributed by atoms with Crippen LogP contribution < -0.4 is 20.9 Å². The summed E-state index contributed by atoms with van der Waals surface area (Å²) >= 11 is 0. The van der Waals surface area contributed by atoms with Gasteiger partial charge < -0.3 is 16.0 Å². The Morgan fingerprint density at radius 3 is 2.91 bits per heavy atom. The van der Waals surface area contributed by atoms with Crippen LogP contribution in [0.4, 0.5) is 16.2 Å². The summed E-state index contributed by atoms with van der Waals surface area (Å²) in [6.07, 6.45) is 2.76. The first-order valence-corrected chi connectivity index (χ1v) is 7.91. The van der Waals surface area contributed by atoms with E-state index in [0.717, 1.165) is 42.7 Å². The van der Waals surface area contributed by atoms with E-state index in [1.165, 1.54) is 0 Å². The average Bonchev–Trinajstić information content (AvgIpc) is 3.17. The molecule has 1 fully saturated rings. The highest BCUT2D eigenvalue weighted by Crippen LogP contribution is 2.31. The third-order valence-corrected chi connectivity index (χ3v) is 4.20. The van der Waals surface area contributed by atoms with Crippen molar-refractivity contribution in [1.82, 2.24) is 10.6 Å². The first kappa shape index (κ1) is 17.6. The highest BCUT2D eigenvalue weighted by molar-refractivity contribution is 5.98. The number of carbonyl (C=O) groups excluding carboxylic acids is 2. The molecule has 0 saturated carbocycles. The van der Waals surface area contributed by atoms with Crippen molar-refractivity contribution in [3.63, 3.8) is 0 Å². The molecule has 6 nitrogen and oxygen atoms in total. The van der Waals surface area contributed by atoms with Crippen LogP contribution in [0.5, 0.6) is 0 Å². The van der Waals surface area contributed by atoms with Gasteiger partial charge in [0.2, 0.25) is 5.91 Å². The third-order valence-electron chi connectivity index (χ3n) is 4.20. The van der Waals surface area contributed by atoms with Gasteiger partial charge in [0.15, 0.2) is 0 Å². The van der Waals surface area contributed by atoms with E-state index in [1.807, 2.05) is 25.1 Å². The first-order valence-electron chi connectivity index (χ1n) is 7.91. The molecule has 0 aliphatic carbocycles. The van der Waals surface area contributed by atoms with E-state index >= 15 is 0 Å². The molecule has 2 heterocycles. The summed E-state index contributed by atoms with van der Waals surface area (Å²) in [6, 6.07) is 5.61. The van der Waals surface area contributed by atoms with Crippen LogP contribution in [0.2, 0.25) is 0 Å². The molecule has 7 heteroatoms. The molecule has 1 saturated heterocycles. The van der Waals surface area contributed by atoms with Gasteiger partial charge in [0.1, 0.15) is 0 Å². The van der Waals surface area contributed by atoms with Gasteiger partial charge in [-0.15, -0.1) is 12.4 Å². The lowest BCUT2D eigenvalue weighted by Crippen LogP contribution is -2.38. The minimum atomic E-state index is -0.104. The molecule has 2 aliphatic heterocycles. The number of fused-ring (bicyclic) bond motifs is 1. The lowest BCUT2D eigenvalue weighted by Gasteiger charge is -2.18. The Kier molecular flexibility index (Phi) is 5.85. The van der Waals surface area contributed by atoms with Crippen LogP contribution in [0.25, 0.3) is 0 Å². The number of amides is 3. The second kappa shape index (κ2) is 7.66. The predicted octanol–water partition coefficient (Wildman–Crippen LogP) is 1.89. The number of nitrogens with zero attached hydrogens (tertiary/aromatic N) is 1. The molecule has 3 rings (SSSR count). The van der Waals surface area contributed by atoms with E-state index < -0.39 is 0 Å². The number of carbonyl (C=O) groups is 2. The van der Waals surface area contributed by atoms with Gasteiger partial charge >= 0.3 is 6.03 Å². The first-order chi connectivity index (χ1) is 10.7. The molecule has 1 atom stereocenters. The fourth-order valence-electron chi connectivity index (χ4n) is 3.05. The van der Waals surface area contributed by atoms with Crippen LogP contribution in [0.15, 0.2) is 18.2 Å². The smallest absolute Gasteiger partial charge is 0.321 e. The van der Waals surface area contributed by atoms with Gasteiger partial charge in [0, 0.05) is 18.8 Å². The largest absolute Gasteiger partial charge is 0.338 e. The van der Waals surface area contributed by atoms with Gasteiger partial charge in [-0.25, -0.2) is 4.79 Å². The van der Waals surface area contributed by atoms with Crippen LogP contribution in [-0.4, -0.2) is 37.6 Å². The van der Waals surface area contributed by atoms with Crippen LogP contribution >= 0.6 is 12.4 Å². The van der Waals surface area contributed by atoms with Gasteiger partial charge in [0.25, 0.3) is 0 Å². The van der Waals surface area contributed by atoms with Crippen LogP contribution in [0, 0.1) is 0 Å². The Morgan fingerprint density at radius 2 is 2.22 bits per heavy atom. The summed E-state index contributed by atoms with van der Waals surface area (Å²) in [5.41, 5.74) is 2.78. The molecule has 1 unspecified atom stereocenters. The van der Waals surface area contributed by atoms with E-state index in [9.17, 15) is 9.59 Å². The number of urea groups is 1. The lowest BCUT2D eigenvalue weighted by molar-refractivity contribution is -0.117. The highest BCUT2D eigenvalue weighted by Gasteiger charge is 2.26. The summed E-state index contributed by atoms with van der Waals surface area (Å²) in [5.74, 6) is 0.00000617. The number of benzene rings is 1. The van der Waals surface area contributed by atoms with Crippen LogP contribution in [-0.2, 0) is 11.2 Å². The second-order valence-corrected chi connectivity index (χ2v) is 5.72. The van der Waals surface area contributed by atoms with Gasteiger partial charge in [-0.1, -0.05) is 6.07 Å². The zero-order chi connectivity index (χ0) is 15.5. The van der Waals surface area contributed by atoms with Gasteiger partial charge in [0.05, 0.1) is 11.7 Å². The number of hydrogen-bond donors (Lipinski definition) is 3. The van der Waals surface area contributed by atoms with Crippen molar-refractivity contribution in [3.05, 3.63) is 23.8 Å². The minimum Gasteiger partial charge on any atom is -0.338 e. The van der Waals surface area contributed by atoms with Crippen molar-refractivity contribution < 1.29 is 9.59 Å². The topological polar surface area (TPSA) is 73.5 Å². The van der Waals surface area contributed by atoms with Crippen molar-refractivity contribution >= 4 is 35.7 Å². The summed E-state index contributed by atoms with van der Waals surface area (Å²) in [4.78, 5) is 26.0. The molecule has 0 aromatic heterocycles. The Hall–Kier alpha value is -1.79. The highest BCUT2D eigenvalue weighted by atomic mass is 35.5. The van der Waals surface area contributed by atoms with Crippen molar-refractivity contribution in [2.45, 2.75) is 32.2 Å². The Labute approximate surface area is 142 Å². The van der Waals surface area contributed by atoms with E-state index in [2.05, 4.69) is 16.0 Å². The number of rotatable bonds is 3. The zero-order valence-electron chi connectivity index (χ0n) is 13.2. The van der Waals surface area contributed by atoms with Crippen molar-refractivity contribution in [3.8, 4) is 0 Å². The van der Waals surface area contributed by atoms with E-state index in [-0.39, 0.29) is 30.4 Å². The lowest BCUT2D eigenvalue weighted by atomic mass is 10.1. The quantitative estimate of drug-likeness (QED) is 0.788. The molecule has 0 bridgehead atoms. The normalized spacial score (nSPS) is 19.0. The molecule has 3 amide bonds. The third kappa shape index (κ3) is 3.76. The summed E-state index contributed by atoms with van der Waals surface area (Å²) in [5, 5.41) is 8.95. The molecule has 126 valence electrons. The number of nitrogens with one attached hydrogen (secondary N) is 3. The molecular formula is C16H23ClN4O2. The molecule has 0 radical (unpaired) electrons. The Morgan fingerprint density at radius 1 is 1.39 bits per heavy atom. The average molecular weight is 339 g/mol. The van der Waals surface area contributed by atoms with E-state index in [0.29, 0.717) is 13.1 Å². The van der Waals surface area contributed by atoms with E-state index in [1.54, 1.807) is 4.90 Å². The molecule has 0 spiro atoms. The number of hydrogen-bond acceptors (Lipinski definition) is 3. The van der Waals surface area contributed by atoms with Gasteiger partial charge in [-0.2, -0.15) is 0 Å². The maximum atomic E-state index is 12.2. The SMILES string of the molecule is CCNC(=O)N1CCc2ccc(NC(=O)C3CCCN3)cc21.Cl. The maximum Gasteiger partial charge on any atom is 0.321 e. The minimum absolute atomic E-state index is 0. The maximum absolute atomic E-state index is 12.2. The van der Waals surface area contributed by atoms with Gasteiger partial charge in [-0.3, -0.25) is 9.69 Å². The van der Waals surface area contributed by atoms with Crippen molar-refractivity contribution in [2.75, 3.05) is 29.9 Å². The van der Waals surface area contributed by atoms with Gasteiger partial charge in [-0.05, 0) is 50.4 Å². The van der Waals surface area contributed by atoms with Crippen LogP contribution in [0.3, 0.4) is 0 Å². The van der Waals surface area contributed by atoms with Crippen molar-refractivity contribution in [2.24, 2.45) is 0 Å². The van der Waals surface area contributed by atoms with E-state index in [4.69, 9.17) is 0 Å². The number of anilines is 2. The monoisotopic (exact) mass is 338 g/mol. The van der Waals surface area contributed by atoms with Crippen molar-refractivity contribution in [1.29, 1.82) is 0 Å². The fourth-order valence-corrected chi connectivity index (χ4v) is 3.05. The molecule has 2 aliphatic rings. The zero-order valence-corrected chi connectivity index (χ0v) is 14.0. The fraction of sp³-hybridized carbons (Fsp3) is 0.500. The molecule has 23 heavy (non-hydrogen) atoms. The predicted molar refractivity (Wildman–Crippen MR) is 93.5 cm³/mol. The Balaban J connectivity index is 0.00000192. The molecule has 1 aromatic carbocycles. The standard InChI is InChI=1S/C16H22N4O2.ClH/c1-2-17-16(22)20-9-7-11-5-6-12(10-14(11)20)19-15(21)13-4-3-8-18-13;/h5-6,10,13,18H,2-4,7-9H2,1H3,(H,17,22)(H,19,21);1H. The Bertz CT molecular complexity index is 587. The summed E-state index contributed by atoms with van der Waals surface area (Å²) < 4.78 is 0. The molecule has 3 N–H and O–H groups in total. The van der Waals surface area contributed by atoms with Crippen LogP contribution in [0.1, 0.15) is 25.3 Å². The molecule has 1 aromatic rings. The molecular weight excluding hydrogens is 316 g/mol. The second-order valence-electron chi connectivity index (χ2n) is 5.72. The summed E-state index contributed by atoms with van der Waals surface area (Å²) in [7, 11) is 0.